The summed E-state index contributed by atoms with van der Waals surface area (Å²) in [5, 5.41) is 4.34. The lowest BCUT2D eigenvalue weighted by Gasteiger charge is -2.05. The van der Waals surface area contributed by atoms with Gasteiger partial charge < -0.3 is 9.47 Å². The molecule has 0 saturated carbocycles. The Morgan fingerprint density at radius 2 is 1.85 bits per heavy atom. The Bertz CT molecular complexity index is 883. The van der Waals surface area contributed by atoms with E-state index in [1.807, 2.05) is 29.1 Å². The predicted molar refractivity (Wildman–Crippen MR) is 105 cm³/mol. The van der Waals surface area contributed by atoms with Gasteiger partial charge in [0.2, 0.25) is 0 Å². The number of carbonyl (C=O) groups excluding carboxylic acids is 1. The zero-order valence-corrected chi connectivity index (χ0v) is 15.2. The van der Waals surface area contributed by atoms with E-state index < -0.39 is 0 Å². The number of rotatable bonds is 9. The molecular formula is C22H22N2O3. The molecule has 5 nitrogen and oxygen atoms in total. The molecule has 5 heteroatoms. The number of aromatic nitrogens is 2. The van der Waals surface area contributed by atoms with Gasteiger partial charge in [0.25, 0.3) is 0 Å². The number of nitrogens with zero attached hydrogens (tertiary/aromatic N) is 2. The standard InChI is InChI=1S/C22H22N2O3/c1-26-13-14-27-21-10-8-20(9-11-21)22(25)12-7-19-15-23-24(17-19)16-18-5-3-2-4-6-18/h2-12,15,17H,13-14,16H2,1H3. The van der Waals surface area contributed by atoms with Crippen LogP contribution in [0.15, 0.2) is 73.1 Å². The van der Waals surface area contributed by atoms with Gasteiger partial charge in [-0.1, -0.05) is 30.3 Å². The zero-order chi connectivity index (χ0) is 18.9. The number of ketones is 1. The van der Waals surface area contributed by atoms with E-state index >= 15 is 0 Å². The van der Waals surface area contributed by atoms with Crippen molar-refractivity contribution >= 4 is 11.9 Å². The second kappa shape index (κ2) is 9.50. The van der Waals surface area contributed by atoms with Crippen molar-refractivity contribution in [1.29, 1.82) is 0 Å². The number of allylic oxidation sites excluding steroid dienone is 1. The van der Waals surface area contributed by atoms with Gasteiger partial charge >= 0.3 is 0 Å². The molecule has 0 N–H and O–H groups in total. The van der Waals surface area contributed by atoms with Crippen molar-refractivity contribution in [3.8, 4) is 5.75 Å². The molecule has 0 spiro atoms. The molecule has 0 amide bonds. The van der Waals surface area contributed by atoms with E-state index in [0.29, 0.717) is 25.3 Å². The van der Waals surface area contributed by atoms with Gasteiger partial charge in [0.15, 0.2) is 5.78 Å². The highest BCUT2D eigenvalue weighted by atomic mass is 16.5. The third kappa shape index (κ3) is 5.66. The Balaban J connectivity index is 1.56. The Morgan fingerprint density at radius 3 is 2.59 bits per heavy atom. The number of carbonyl (C=O) groups is 1. The van der Waals surface area contributed by atoms with Crippen LogP contribution in [0.3, 0.4) is 0 Å². The van der Waals surface area contributed by atoms with Crippen LogP contribution in [0.2, 0.25) is 0 Å². The largest absolute Gasteiger partial charge is 0.491 e. The lowest BCUT2D eigenvalue weighted by molar-refractivity contribution is 0.104. The fraction of sp³-hybridized carbons (Fsp3) is 0.182. The van der Waals surface area contributed by atoms with Crippen LogP contribution in [0.5, 0.6) is 5.75 Å². The highest BCUT2D eigenvalue weighted by molar-refractivity contribution is 6.06. The molecule has 0 fully saturated rings. The van der Waals surface area contributed by atoms with E-state index in [4.69, 9.17) is 9.47 Å². The second-order valence-corrected chi connectivity index (χ2v) is 6.02. The fourth-order valence-corrected chi connectivity index (χ4v) is 2.55. The molecular weight excluding hydrogens is 340 g/mol. The summed E-state index contributed by atoms with van der Waals surface area (Å²) in [6.07, 6.45) is 7.01. The summed E-state index contributed by atoms with van der Waals surface area (Å²) in [5.41, 5.74) is 2.68. The molecule has 0 aliphatic heterocycles. The van der Waals surface area contributed by atoms with Crippen molar-refractivity contribution in [2.75, 3.05) is 20.3 Å². The van der Waals surface area contributed by atoms with Gasteiger partial charge in [-0.2, -0.15) is 5.10 Å². The molecule has 0 aliphatic rings. The molecule has 2 aromatic carbocycles. The first-order chi connectivity index (χ1) is 13.2. The first-order valence-corrected chi connectivity index (χ1v) is 8.75. The number of hydrogen-bond acceptors (Lipinski definition) is 4. The van der Waals surface area contributed by atoms with E-state index in [9.17, 15) is 4.79 Å². The molecule has 0 atom stereocenters. The Hall–Kier alpha value is -3.18. The summed E-state index contributed by atoms with van der Waals surface area (Å²) < 4.78 is 12.3. The number of benzene rings is 2. The van der Waals surface area contributed by atoms with E-state index in [0.717, 1.165) is 11.3 Å². The quantitative estimate of drug-likeness (QED) is 0.330. The van der Waals surface area contributed by atoms with Gasteiger partial charge in [0.1, 0.15) is 12.4 Å². The molecule has 0 radical (unpaired) electrons. The lowest BCUT2D eigenvalue weighted by Crippen LogP contribution is -2.04. The van der Waals surface area contributed by atoms with Crippen LogP contribution in [0.4, 0.5) is 0 Å². The average molecular weight is 362 g/mol. The third-order valence-electron chi connectivity index (χ3n) is 3.96. The van der Waals surface area contributed by atoms with Crippen LogP contribution in [0.1, 0.15) is 21.5 Å². The minimum absolute atomic E-state index is 0.0609. The normalized spacial score (nSPS) is 11.0. The smallest absolute Gasteiger partial charge is 0.185 e. The monoisotopic (exact) mass is 362 g/mol. The number of hydrogen-bond donors (Lipinski definition) is 0. The number of methoxy groups -OCH3 is 1. The van der Waals surface area contributed by atoms with Crippen molar-refractivity contribution in [1.82, 2.24) is 9.78 Å². The van der Waals surface area contributed by atoms with Crippen molar-refractivity contribution in [2.45, 2.75) is 6.54 Å². The van der Waals surface area contributed by atoms with Crippen molar-refractivity contribution < 1.29 is 14.3 Å². The first-order valence-electron chi connectivity index (χ1n) is 8.75. The van der Waals surface area contributed by atoms with Crippen LogP contribution < -0.4 is 4.74 Å². The molecule has 1 aromatic heterocycles. The SMILES string of the molecule is COCCOc1ccc(C(=O)C=Cc2cnn(Cc3ccccc3)c2)cc1. The lowest BCUT2D eigenvalue weighted by atomic mass is 10.1. The Kier molecular flexibility index (Phi) is 6.55. The molecule has 0 aliphatic carbocycles. The van der Waals surface area contributed by atoms with E-state index in [2.05, 4.69) is 17.2 Å². The van der Waals surface area contributed by atoms with Crippen molar-refractivity contribution in [2.24, 2.45) is 0 Å². The van der Waals surface area contributed by atoms with Crippen LogP contribution in [0, 0.1) is 0 Å². The summed E-state index contributed by atoms with van der Waals surface area (Å²) in [4.78, 5) is 12.3. The Labute approximate surface area is 158 Å². The van der Waals surface area contributed by atoms with E-state index in [1.165, 1.54) is 5.56 Å². The number of ether oxygens (including phenoxy) is 2. The van der Waals surface area contributed by atoms with Gasteiger partial charge in [-0.15, -0.1) is 0 Å². The molecule has 138 valence electrons. The van der Waals surface area contributed by atoms with E-state index in [-0.39, 0.29) is 5.78 Å². The first kappa shape index (κ1) is 18.6. The van der Waals surface area contributed by atoms with Gasteiger partial charge in [-0.05, 0) is 42.0 Å². The van der Waals surface area contributed by atoms with Gasteiger partial charge in [0.05, 0.1) is 19.3 Å². The molecule has 3 aromatic rings. The van der Waals surface area contributed by atoms with Gasteiger partial charge in [0, 0.05) is 24.4 Å². The minimum atomic E-state index is -0.0609. The van der Waals surface area contributed by atoms with Crippen LogP contribution in [0.25, 0.3) is 6.08 Å². The fourth-order valence-electron chi connectivity index (χ4n) is 2.55. The third-order valence-corrected chi connectivity index (χ3v) is 3.96. The second-order valence-electron chi connectivity index (χ2n) is 6.02. The van der Waals surface area contributed by atoms with Crippen LogP contribution >= 0.6 is 0 Å². The molecule has 27 heavy (non-hydrogen) atoms. The topological polar surface area (TPSA) is 53.4 Å². The zero-order valence-electron chi connectivity index (χ0n) is 15.2. The summed E-state index contributed by atoms with van der Waals surface area (Å²) in [5.74, 6) is 0.656. The maximum absolute atomic E-state index is 12.3. The van der Waals surface area contributed by atoms with Crippen molar-refractivity contribution in [3.63, 3.8) is 0 Å². The summed E-state index contributed by atoms with van der Waals surface area (Å²) >= 11 is 0. The molecule has 0 unspecified atom stereocenters. The minimum Gasteiger partial charge on any atom is -0.491 e. The highest BCUT2D eigenvalue weighted by Crippen LogP contribution is 2.13. The maximum Gasteiger partial charge on any atom is 0.185 e. The molecule has 3 rings (SSSR count). The molecule has 0 saturated heterocycles. The summed E-state index contributed by atoms with van der Waals surface area (Å²) in [6, 6.07) is 17.2. The maximum atomic E-state index is 12.3. The summed E-state index contributed by atoms with van der Waals surface area (Å²) in [6.45, 7) is 1.71. The van der Waals surface area contributed by atoms with Crippen LogP contribution in [-0.2, 0) is 11.3 Å². The van der Waals surface area contributed by atoms with E-state index in [1.54, 1.807) is 49.7 Å². The van der Waals surface area contributed by atoms with Gasteiger partial charge in [-0.25, -0.2) is 0 Å². The summed E-state index contributed by atoms with van der Waals surface area (Å²) in [7, 11) is 1.63. The van der Waals surface area contributed by atoms with Crippen LogP contribution in [-0.4, -0.2) is 35.9 Å². The molecule has 0 bridgehead atoms. The predicted octanol–water partition coefficient (Wildman–Crippen LogP) is 3.85. The highest BCUT2D eigenvalue weighted by Gasteiger charge is 2.03. The van der Waals surface area contributed by atoms with Gasteiger partial charge in [-0.3, -0.25) is 9.48 Å². The van der Waals surface area contributed by atoms with Crippen molar-refractivity contribution in [3.05, 3.63) is 89.8 Å². The average Bonchev–Trinajstić information content (AvgIpc) is 3.15. The molecule has 1 heterocycles. The Morgan fingerprint density at radius 1 is 1.07 bits per heavy atom.